The second-order valence-corrected chi connectivity index (χ2v) is 8.69. The molecule has 1 saturated heterocycles. The summed E-state index contributed by atoms with van der Waals surface area (Å²) in [7, 11) is -0.393. The minimum Gasteiger partial charge on any atom is -0.490 e. The monoisotopic (exact) mass is 386 g/mol. The molecule has 2 aliphatic heterocycles. The number of halogens is 2. The highest BCUT2D eigenvalue weighted by Crippen LogP contribution is 2.37. The zero-order valence-electron chi connectivity index (χ0n) is 16.7. The molecule has 0 aliphatic carbocycles. The van der Waals surface area contributed by atoms with Crippen molar-refractivity contribution in [1.29, 1.82) is 0 Å². The summed E-state index contributed by atoms with van der Waals surface area (Å²) in [5, 5.41) is 0. The van der Waals surface area contributed by atoms with Gasteiger partial charge in [0.25, 0.3) is 0 Å². The molecule has 2 aromatic carbocycles. The lowest BCUT2D eigenvalue weighted by Gasteiger charge is -2.32. The molecule has 0 spiro atoms. The SMILES string of the molecule is CC1(C)OB(c2ccc3c(c2)CC[C@@H](Cc2ccc(F)c(F)c2)O3)OC1(C)C. The number of hydrogen-bond donors (Lipinski definition) is 0. The minimum absolute atomic E-state index is 0.0555. The number of benzene rings is 2. The Labute approximate surface area is 165 Å². The third-order valence-electron chi connectivity index (χ3n) is 6.09. The Kier molecular flexibility index (Phi) is 4.75. The van der Waals surface area contributed by atoms with Gasteiger partial charge in [0.15, 0.2) is 11.6 Å². The highest BCUT2D eigenvalue weighted by molar-refractivity contribution is 6.62. The minimum atomic E-state index is -0.825. The first kappa shape index (κ1) is 19.4. The fourth-order valence-corrected chi connectivity index (χ4v) is 3.66. The van der Waals surface area contributed by atoms with Crippen LogP contribution in [0.15, 0.2) is 36.4 Å². The summed E-state index contributed by atoms with van der Waals surface area (Å²) in [5.74, 6) is -0.811. The van der Waals surface area contributed by atoms with E-state index in [9.17, 15) is 8.78 Å². The van der Waals surface area contributed by atoms with E-state index in [0.717, 1.165) is 41.2 Å². The van der Waals surface area contributed by atoms with Crippen LogP contribution in [-0.4, -0.2) is 24.4 Å². The van der Waals surface area contributed by atoms with Crippen molar-refractivity contribution >= 4 is 12.6 Å². The summed E-state index contributed by atoms with van der Waals surface area (Å²) in [6.07, 6.45) is 2.17. The van der Waals surface area contributed by atoms with Gasteiger partial charge in [-0.05, 0) is 75.3 Å². The summed E-state index contributed by atoms with van der Waals surface area (Å²) in [4.78, 5) is 0. The van der Waals surface area contributed by atoms with E-state index < -0.39 is 18.8 Å². The number of hydrogen-bond acceptors (Lipinski definition) is 3. The molecule has 0 amide bonds. The Morgan fingerprint density at radius 2 is 1.68 bits per heavy atom. The number of rotatable bonds is 3. The smallest absolute Gasteiger partial charge is 0.490 e. The van der Waals surface area contributed by atoms with Crippen molar-refractivity contribution in [2.75, 3.05) is 0 Å². The molecular weight excluding hydrogens is 361 g/mol. The largest absolute Gasteiger partial charge is 0.494 e. The van der Waals surface area contributed by atoms with Gasteiger partial charge in [-0.15, -0.1) is 0 Å². The van der Waals surface area contributed by atoms with Crippen LogP contribution in [-0.2, 0) is 22.2 Å². The van der Waals surface area contributed by atoms with Crippen molar-refractivity contribution < 1.29 is 22.8 Å². The van der Waals surface area contributed by atoms with Gasteiger partial charge in [0.2, 0.25) is 0 Å². The molecule has 0 bridgehead atoms. The lowest BCUT2D eigenvalue weighted by atomic mass is 9.77. The third-order valence-corrected chi connectivity index (χ3v) is 6.09. The fourth-order valence-electron chi connectivity index (χ4n) is 3.66. The molecule has 3 nitrogen and oxygen atoms in total. The summed E-state index contributed by atoms with van der Waals surface area (Å²) >= 11 is 0. The van der Waals surface area contributed by atoms with E-state index in [0.29, 0.717) is 6.42 Å². The van der Waals surface area contributed by atoms with Crippen molar-refractivity contribution in [3.05, 3.63) is 59.2 Å². The molecule has 28 heavy (non-hydrogen) atoms. The van der Waals surface area contributed by atoms with Crippen molar-refractivity contribution in [2.24, 2.45) is 0 Å². The van der Waals surface area contributed by atoms with Gasteiger partial charge in [-0.25, -0.2) is 8.78 Å². The molecule has 1 fully saturated rings. The average Bonchev–Trinajstić information content (AvgIpc) is 2.85. The molecule has 148 valence electrons. The number of fused-ring (bicyclic) bond motifs is 1. The normalized spacial score (nSPS) is 22.6. The van der Waals surface area contributed by atoms with E-state index in [1.807, 2.05) is 39.8 Å². The first-order valence-electron chi connectivity index (χ1n) is 9.74. The molecule has 2 aromatic rings. The van der Waals surface area contributed by atoms with Crippen LogP contribution in [0.2, 0.25) is 0 Å². The fraction of sp³-hybridized carbons (Fsp3) is 0.455. The van der Waals surface area contributed by atoms with E-state index in [2.05, 4.69) is 6.07 Å². The van der Waals surface area contributed by atoms with Crippen LogP contribution in [0.25, 0.3) is 0 Å². The molecule has 4 rings (SSSR count). The average molecular weight is 386 g/mol. The van der Waals surface area contributed by atoms with Gasteiger partial charge >= 0.3 is 7.12 Å². The molecule has 0 unspecified atom stereocenters. The van der Waals surface area contributed by atoms with Crippen LogP contribution in [0.1, 0.15) is 45.2 Å². The van der Waals surface area contributed by atoms with Crippen molar-refractivity contribution in [3.63, 3.8) is 0 Å². The molecular formula is C22H25BF2O3. The predicted octanol–water partition coefficient (Wildman–Crippen LogP) is 4.20. The van der Waals surface area contributed by atoms with Crippen LogP contribution >= 0.6 is 0 Å². The Hall–Kier alpha value is -1.92. The first-order valence-corrected chi connectivity index (χ1v) is 9.74. The third kappa shape index (κ3) is 3.56. The zero-order chi connectivity index (χ0) is 20.1. The molecule has 2 heterocycles. The maximum Gasteiger partial charge on any atom is 0.494 e. The Morgan fingerprint density at radius 1 is 0.964 bits per heavy atom. The van der Waals surface area contributed by atoms with Gasteiger partial charge in [-0.1, -0.05) is 18.2 Å². The van der Waals surface area contributed by atoms with Gasteiger partial charge in [0, 0.05) is 6.42 Å². The van der Waals surface area contributed by atoms with Crippen molar-refractivity contribution in [1.82, 2.24) is 0 Å². The van der Waals surface area contributed by atoms with Crippen molar-refractivity contribution in [3.8, 4) is 5.75 Å². The molecule has 1 atom stereocenters. The summed E-state index contributed by atoms with van der Waals surface area (Å²) < 4.78 is 44.9. The van der Waals surface area contributed by atoms with E-state index in [1.165, 1.54) is 6.07 Å². The Morgan fingerprint density at radius 3 is 2.36 bits per heavy atom. The van der Waals surface area contributed by atoms with Crippen LogP contribution in [0.3, 0.4) is 0 Å². The van der Waals surface area contributed by atoms with E-state index in [4.69, 9.17) is 14.0 Å². The van der Waals surface area contributed by atoms with Crippen molar-refractivity contribution in [2.45, 2.75) is 64.3 Å². The van der Waals surface area contributed by atoms with Crippen LogP contribution in [0.4, 0.5) is 8.78 Å². The second-order valence-electron chi connectivity index (χ2n) is 8.69. The molecule has 0 saturated carbocycles. The first-order chi connectivity index (χ1) is 13.1. The van der Waals surface area contributed by atoms with E-state index in [-0.39, 0.29) is 17.3 Å². The van der Waals surface area contributed by atoms with Crippen LogP contribution < -0.4 is 10.2 Å². The lowest BCUT2D eigenvalue weighted by Crippen LogP contribution is -2.41. The summed E-state index contributed by atoms with van der Waals surface area (Å²) in [6, 6.07) is 10.0. The number of ether oxygens (including phenoxy) is 1. The van der Waals surface area contributed by atoms with Crippen LogP contribution in [0.5, 0.6) is 5.75 Å². The van der Waals surface area contributed by atoms with Crippen LogP contribution in [0, 0.1) is 11.6 Å². The highest BCUT2D eigenvalue weighted by Gasteiger charge is 2.51. The lowest BCUT2D eigenvalue weighted by molar-refractivity contribution is 0.00578. The molecule has 0 aromatic heterocycles. The van der Waals surface area contributed by atoms with Gasteiger partial charge in [0.05, 0.1) is 11.2 Å². The maximum atomic E-state index is 13.4. The second kappa shape index (κ2) is 6.85. The number of aryl methyl sites for hydroxylation is 1. The Bertz CT molecular complexity index is 881. The molecule has 0 radical (unpaired) electrons. The summed E-state index contributed by atoms with van der Waals surface area (Å²) in [5.41, 5.74) is 2.09. The highest BCUT2D eigenvalue weighted by atomic mass is 19.2. The zero-order valence-corrected chi connectivity index (χ0v) is 16.7. The van der Waals surface area contributed by atoms with Gasteiger partial charge < -0.3 is 14.0 Å². The van der Waals surface area contributed by atoms with Gasteiger partial charge in [-0.3, -0.25) is 0 Å². The molecule has 2 aliphatic rings. The van der Waals surface area contributed by atoms with Gasteiger partial charge in [-0.2, -0.15) is 0 Å². The predicted molar refractivity (Wildman–Crippen MR) is 105 cm³/mol. The van der Waals surface area contributed by atoms with Gasteiger partial charge in [0.1, 0.15) is 11.9 Å². The van der Waals surface area contributed by atoms with E-state index in [1.54, 1.807) is 6.07 Å². The topological polar surface area (TPSA) is 27.7 Å². The Balaban J connectivity index is 1.47. The quantitative estimate of drug-likeness (QED) is 0.741. The maximum absolute atomic E-state index is 13.4. The summed E-state index contributed by atoms with van der Waals surface area (Å²) in [6.45, 7) is 8.16. The molecule has 6 heteroatoms. The molecule has 0 N–H and O–H groups in total. The standard InChI is InChI=1S/C22H25BF2O3/c1-21(2)22(3,4)28-23(27-21)16-7-10-20-15(13-16)6-8-17(26-20)11-14-5-9-18(24)19(25)12-14/h5,7,9-10,12-13,17H,6,8,11H2,1-4H3/t17-/m0/s1. The van der Waals surface area contributed by atoms with E-state index >= 15 is 0 Å².